The van der Waals surface area contributed by atoms with E-state index in [0.29, 0.717) is 0 Å². The number of carbonyl (C=O) groups is 2. The van der Waals surface area contributed by atoms with Crippen molar-refractivity contribution in [2.75, 3.05) is 13.1 Å². The number of carbonyl (C=O) groups excluding carboxylic acids is 1. The highest BCUT2D eigenvalue weighted by Gasteiger charge is 2.38. The molecule has 5 heteroatoms. The van der Waals surface area contributed by atoms with Crippen LogP contribution in [0.5, 0.6) is 0 Å². The zero-order chi connectivity index (χ0) is 14.6. The Morgan fingerprint density at radius 3 is 2.35 bits per heavy atom. The Morgan fingerprint density at radius 1 is 1.20 bits per heavy atom. The second kappa shape index (κ2) is 6.57. The van der Waals surface area contributed by atoms with Gasteiger partial charge in [-0.1, -0.05) is 26.2 Å². The molecule has 1 saturated carbocycles. The van der Waals surface area contributed by atoms with Crippen molar-refractivity contribution in [3.63, 3.8) is 0 Å². The van der Waals surface area contributed by atoms with Gasteiger partial charge < -0.3 is 15.7 Å². The molecule has 20 heavy (non-hydrogen) atoms. The van der Waals surface area contributed by atoms with Crippen molar-refractivity contribution in [2.24, 2.45) is 11.3 Å². The number of aliphatic carboxylic acids is 1. The average Bonchev–Trinajstić information content (AvgIpc) is 2.45. The zero-order valence-corrected chi connectivity index (χ0v) is 12.3. The molecular formula is C15H26N2O3. The molecular weight excluding hydrogens is 256 g/mol. The minimum atomic E-state index is -0.886. The van der Waals surface area contributed by atoms with Crippen LogP contribution in [0.2, 0.25) is 0 Å². The molecule has 2 fully saturated rings. The van der Waals surface area contributed by atoms with Crippen LogP contribution in [0.1, 0.15) is 51.9 Å². The second-order valence-electron chi connectivity index (χ2n) is 6.50. The van der Waals surface area contributed by atoms with E-state index in [2.05, 4.69) is 10.6 Å². The lowest BCUT2D eigenvalue weighted by atomic mass is 9.78. The van der Waals surface area contributed by atoms with Crippen molar-refractivity contribution in [2.45, 2.75) is 57.9 Å². The van der Waals surface area contributed by atoms with Gasteiger partial charge >= 0.3 is 5.97 Å². The standard InChI is InChI=1S/C15H26N2O3/c1-15(7-9-16-10-8-15)14(20)17-12(13(18)19)11-5-3-2-4-6-11/h11-12,16H,2-10H2,1H3,(H,17,20)(H,18,19). The van der Waals surface area contributed by atoms with Crippen molar-refractivity contribution < 1.29 is 14.7 Å². The third-order valence-corrected chi connectivity index (χ3v) is 4.93. The Bertz CT molecular complexity index is 358. The summed E-state index contributed by atoms with van der Waals surface area (Å²) in [5.74, 6) is -0.879. The van der Waals surface area contributed by atoms with E-state index in [1.165, 1.54) is 6.42 Å². The van der Waals surface area contributed by atoms with Gasteiger partial charge in [0.2, 0.25) is 5.91 Å². The highest BCUT2D eigenvalue weighted by Crippen LogP contribution is 2.30. The summed E-state index contributed by atoms with van der Waals surface area (Å²) in [6.45, 7) is 3.60. The number of nitrogens with one attached hydrogen (secondary N) is 2. The van der Waals surface area contributed by atoms with Gasteiger partial charge in [0.1, 0.15) is 6.04 Å². The molecule has 5 nitrogen and oxygen atoms in total. The van der Waals surface area contributed by atoms with Crippen LogP contribution < -0.4 is 10.6 Å². The van der Waals surface area contributed by atoms with E-state index in [1.807, 2.05) is 6.92 Å². The lowest BCUT2D eigenvalue weighted by Gasteiger charge is -2.35. The van der Waals surface area contributed by atoms with E-state index < -0.39 is 17.4 Å². The fraction of sp³-hybridized carbons (Fsp3) is 0.867. The molecule has 1 unspecified atom stereocenters. The minimum Gasteiger partial charge on any atom is -0.480 e. The molecule has 3 N–H and O–H groups in total. The van der Waals surface area contributed by atoms with Gasteiger partial charge in [0.05, 0.1) is 0 Å². The molecule has 1 amide bonds. The number of carboxylic acid groups (broad SMARTS) is 1. The van der Waals surface area contributed by atoms with Crippen LogP contribution in [0.15, 0.2) is 0 Å². The largest absolute Gasteiger partial charge is 0.480 e. The maximum atomic E-state index is 12.5. The summed E-state index contributed by atoms with van der Waals surface area (Å²) in [4.78, 5) is 24.0. The highest BCUT2D eigenvalue weighted by atomic mass is 16.4. The first-order valence-electron chi connectivity index (χ1n) is 7.77. The Morgan fingerprint density at radius 2 is 1.80 bits per heavy atom. The normalized spacial score (nSPS) is 24.9. The molecule has 2 rings (SSSR count). The van der Waals surface area contributed by atoms with Gasteiger partial charge in [-0.25, -0.2) is 4.79 Å². The second-order valence-corrected chi connectivity index (χ2v) is 6.50. The van der Waals surface area contributed by atoms with Crippen molar-refractivity contribution >= 4 is 11.9 Å². The molecule has 0 bridgehead atoms. The van der Waals surface area contributed by atoms with Crippen molar-refractivity contribution in [3.8, 4) is 0 Å². The first-order chi connectivity index (χ1) is 9.53. The van der Waals surface area contributed by atoms with Crippen LogP contribution >= 0.6 is 0 Å². The van der Waals surface area contributed by atoms with Gasteiger partial charge in [-0.05, 0) is 44.7 Å². The van der Waals surface area contributed by atoms with Gasteiger partial charge in [-0.2, -0.15) is 0 Å². The average molecular weight is 282 g/mol. The smallest absolute Gasteiger partial charge is 0.326 e. The first-order valence-corrected chi connectivity index (χ1v) is 7.77. The number of carboxylic acids is 1. The van der Waals surface area contributed by atoms with Crippen LogP contribution in [-0.4, -0.2) is 36.1 Å². The number of rotatable bonds is 4. The van der Waals surface area contributed by atoms with E-state index in [9.17, 15) is 14.7 Å². The predicted octanol–water partition coefficient (Wildman–Crippen LogP) is 1.53. The molecule has 1 atom stereocenters. The molecule has 0 radical (unpaired) electrons. The number of hydrogen-bond donors (Lipinski definition) is 3. The summed E-state index contributed by atoms with van der Waals surface area (Å²) in [5.41, 5.74) is -0.423. The molecule has 2 aliphatic rings. The molecule has 1 heterocycles. The predicted molar refractivity (Wildman–Crippen MR) is 76.4 cm³/mol. The summed E-state index contributed by atoms with van der Waals surface area (Å²) in [6.07, 6.45) is 6.70. The van der Waals surface area contributed by atoms with Crippen LogP contribution in [-0.2, 0) is 9.59 Å². The van der Waals surface area contributed by atoms with Gasteiger partial charge in [-0.15, -0.1) is 0 Å². The summed E-state index contributed by atoms with van der Waals surface area (Å²) in [5, 5.41) is 15.5. The fourth-order valence-electron chi connectivity index (χ4n) is 3.37. The quantitative estimate of drug-likeness (QED) is 0.730. The number of amides is 1. The first kappa shape index (κ1) is 15.3. The number of hydrogen-bond acceptors (Lipinski definition) is 3. The van der Waals surface area contributed by atoms with E-state index >= 15 is 0 Å². The van der Waals surface area contributed by atoms with E-state index in [-0.39, 0.29) is 11.8 Å². The van der Waals surface area contributed by atoms with Crippen LogP contribution in [0.25, 0.3) is 0 Å². The lowest BCUT2D eigenvalue weighted by Crippen LogP contribution is -2.53. The fourth-order valence-corrected chi connectivity index (χ4v) is 3.37. The summed E-state index contributed by atoms with van der Waals surface area (Å²) in [6, 6.07) is -0.713. The van der Waals surface area contributed by atoms with Crippen LogP contribution in [0.4, 0.5) is 0 Å². The maximum Gasteiger partial charge on any atom is 0.326 e. The molecule has 0 aromatic heterocycles. The SMILES string of the molecule is CC1(C(=O)NC(C(=O)O)C2CCCCC2)CCNCC1. The van der Waals surface area contributed by atoms with Crippen LogP contribution in [0.3, 0.4) is 0 Å². The zero-order valence-electron chi connectivity index (χ0n) is 12.3. The summed E-state index contributed by atoms with van der Waals surface area (Å²) in [7, 11) is 0. The Labute approximate surface area is 120 Å². The van der Waals surface area contributed by atoms with E-state index in [4.69, 9.17) is 0 Å². The van der Waals surface area contributed by atoms with E-state index in [0.717, 1.165) is 51.6 Å². The maximum absolute atomic E-state index is 12.5. The molecule has 1 aliphatic carbocycles. The van der Waals surface area contributed by atoms with Crippen LogP contribution in [0, 0.1) is 11.3 Å². The Balaban J connectivity index is 1.99. The Hall–Kier alpha value is -1.10. The van der Waals surface area contributed by atoms with Gasteiger partial charge in [0, 0.05) is 5.41 Å². The molecule has 0 aromatic carbocycles. The van der Waals surface area contributed by atoms with E-state index in [1.54, 1.807) is 0 Å². The van der Waals surface area contributed by atoms with Gasteiger partial charge in [-0.3, -0.25) is 4.79 Å². The topological polar surface area (TPSA) is 78.4 Å². The molecule has 0 aromatic rings. The van der Waals surface area contributed by atoms with Gasteiger partial charge in [0.25, 0.3) is 0 Å². The summed E-state index contributed by atoms with van der Waals surface area (Å²) < 4.78 is 0. The van der Waals surface area contributed by atoms with Gasteiger partial charge in [0.15, 0.2) is 0 Å². The lowest BCUT2D eigenvalue weighted by molar-refractivity contribution is -0.146. The molecule has 1 saturated heterocycles. The van der Waals surface area contributed by atoms with Crippen molar-refractivity contribution in [1.82, 2.24) is 10.6 Å². The highest BCUT2D eigenvalue weighted by molar-refractivity contribution is 5.87. The molecule has 1 aliphatic heterocycles. The number of piperidine rings is 1. The third kappa shape index (κ3) is 3.51. The monoisotopic (exact) mass is 282 g/mol. The van der Waals surface area contributed by atoms with Crippen molar-refractivity contribution in [1.29, 1.82) is 0 Å². The Kier molecular flexibility index (Phi) is 5.02. The minimum absolute atomic E-state index is 0.0861. The molecule has 0 spiro atoms. The summed E-state index contributed by atoms with van der Waals surface area (Å²) >= 11 is 0. The van der Waals surface area contributed by atoms with Crippen molar-refractivity contribution in [3.05, 3.63) is 0 Å². The third-order valence-electron chi connectivity index (χ3n) is 4.93. The molecule has 114 valence electrons.